The van der Waals surface area contributed by atoms with E-state index in [2.05, 4.69) is 23.3 Å². The minimum Gasteiger partial charge on any atom is -0.477 e. The monoisotopic (exact) mass is 281 g/mol. The van der Waals surface area contributed by atoms with Crippen molar-refractivity contribution in [3.63, 3.8) is 0 Å². The van der Waals surface area contributed by atoms with Crippen molar-refractivity contribution < 1.29 is 4.74 Å². The second-order valence-corrected chi connectivity index (χ2v) is 4.73. The third-order valence-corrected chi connectivity index (χ3v) is 3.02. The Labute approximate surface area is 125 Å². The first-order chi connectivity index (χ1) is 10.3. The van der Waals surface area contributed by atoms with Crippen molar-refractivity contribution in [1.29, 1.82) is 5.26 Å². The molecule has 1 aromatic carbocycles. The van der Waals surface area contributed by atoms with Crippen LogP contribution in [0.1, 0.15) is 30.0 Å². The number of hydrogen-bond donors (Lipinski definition) is 1. The maximum absolute atomic E-state index is 8.77. The van der Waals surface area contributed by atoms with Crippen LogP contribution in [0, 0.1) is 11.3 Å². The molecule has 0 radical (unpaired) electrons. The molecule has 0 saturated carbocycles. The molecular weight excluding hydrogens is 262 g/mol. The van der Waals surface area contributed by atoms with Gasteiger partial charge in [-0.25, -0.2) is 4.98 Å². The molecule has 1 aromatic heterocycles. The van der Waals surface area contributed by atoms with Crippen molar-refractivity contribution in [2.24, 2.45) is 0 Å². The van der Waals surface area contributed by atoms with Gasteiger partial charge in [0, 0.05) is 24.8 Å². The second-order valence-electron chi connectivity index (χ2n) is 4.73. The number of ether oxygens (including phenoxy) is 1. The molecule has 4 nitrogen and oxygen atoms in total. The third-order valence-electron chi connectivity index (χ3n) is 3.02. The molecule has 0 amide bonds. The summed E-state index contributed by atoms with van der Waals surface area (Å²) in [5.74, 6) is 0.701. The van der Waals surface area contributed by atoms with E-state index in [1.54, 1.807) is 6.20 Å². The van der Waals surface area contributed by atoms with Crippen LogP contribution in [0.2, 0.25) is 0 Å². The Hall–Kier alpha value is -2.38. The number of nitriles is 1. The van der Waals surface area contributed by atoms with Crippen LogP contribution in [0.15, 0.2) is 42.6 Å². The van der Waals surface area contributed by atoms with Gasteiger partial charge >= 0.3 is 0 Å². The lowest BCUT2D eigenvalue weighted by Gasteiger charge is -2.10. The first-order valence-electron chi connectivity index (χ1n) is 7.10. The Morgan fingerprint density at radius 2 is 2.00 bits per heavy atom. The number of hydrogen-bond acceptors (Lipinski definition) is 4. The van der Waals surface area contributed by atoms with Crippen molar-refractivity contribution in [2.45, 2.75) is 26.4 Å². The summed E-state index contributed by atoms with van der Waals surface area (Å²) in [6.07, 6.45) is 2.71. The van der Waals surface area contributed by atoms with Gasteiger partial charge in [-0.3, -0.25) is 0 Å². The number of benzene rings is 1. The fourth-order valence-electron chi connectivity index (χ4n) is 1.93. The summed E-state index contributed by atoms with van der Waals surface area (Å²) in [5, 5.41) is 12.1. The standard InChI is InChI=1S/C17H19N3O/c1-2-10-21-17-16(4-3-9-20-17)13-19-12-15-7-5-14(11-18)6-8-15/h3-9,19H,2,10,12-13H2,1H3. The Balaban J connectivity index is 1.89. The van der Waals surface area contributed by atoms with E-state index in [4.69, 9.17) is 10.00 Å². The van der Waals surface area contributed by atoms with Gasteiger partial charge in [0.25, 0.3) is 0 Å². The average Bonchev–Trinajstić information content (AvgIpc) is 2.54. The zero-order valence-corrected chi connectivity index (χ0v) is 12.2. The van der Waals surface area contributed by atoms with Crippen LogP contribution in [0.3, 0.4) is 0 Å². The quantitative estimate of drug-likeness (QED) is 0.847. The number of nitrogens with zero attached hydrogens (tertiary/aromatic N) is 2. The third kappa shape index (κ3) is 4.59. The minimum atomic E-state index is 0.680. The molecule has 1 N–H and O–H groups in total. The van der Waals surface area contributed by atoms with E-state index in [1.165, 1.54) is 0 Å². The highest BCUT2D eigenvalue weighted by atomic mass is 16.5. The minimum absolute atomic E-state index is 0.680. The van der Waals surface area contributed by atoms with Gasteiger partial charge in [0.2, 0.25) is 5.88 Å². The summed E-state index contributed by atoms with van der Waals surface area (Å²) < 4.78 is 5.63. The molecule has 0 aliphatic rings. The van der Waals surface area contributed by atoms with E-state index in [0.717, 1.165) is 24.1 Å². The van der Waals surface area contributed by atoms with Crippen molar-refractivity contribution in [2.75, 3.05) is 6.61 Å². The summed E-state index contributed by atoms with van der Waals surface area (Å²) in [6.45, 7) is 4.20. The summed E-state index contributed by atoms with van der Waals surface area (Å²) in [7, 11) is 0. The largest absolute Gasteiger partial charge is 0.477 e. The lowest BCUT2D eigenvalue weighted by molar-refractivity contribution is 0.301. The van der Waals surface area contributed by atoms with Crippen molar-refractivity contribution >= 4 is 0 Å². The van der Waals surface area contributed by atoms with E-state index in [9.17, 15) is 0 Å². The van der Waals surface area contributed by atoms with Crippen LogP contribution in [0.25, 0.3) is 0 Å². The zero-order valence-electron chi connectivity index (χ0n) is 12.2. The first-order valence-corrected chi connectivity index (χ1v) is 7.10. The molecule has 0 unspecified atom stereocenters. The van der Waals surface area contributed by atoms with Gasteiger partial charge in [-0.15, -0.1) is 0 Å². The zero-order chi connectivity index (χ0) is 14.9. The number of nitrogens with one attached hydrogen (secondary N) is 1. The van der Waals surface area contributed by atoms with Gasteiger partial charge < -0.3 is 10.1 Å². The van der Waals surface area contributed by atoms with Crippen LogP contribution in [-0.2, 0) is 13.1 Å². The molecule has 0 aliphatic carbocycles. The normalized spacial score (nSPS) is 10.1. The van der Waals surface area contributed by atoms with Crippen molar-refractivity contribution in [3.8, 4) is 11.9 Å². The average molecular weight is 281 g/mol. The van der Waals surface area contributed by atoms with Crippen LogP contribution >= 0.6 is 0 Å². The maximum atomic E-state index is 8.77. The predicted molar refractivity (Wildman–Crippen MR) is 81.7 cm³/mol. The summed E-state index contributed by atoms with van der Waals surface area (Å²) in [6, 6.07) is 13.6. The fraction of sp³-hybridized carbons (Fsp3) is 0.294. The highest BCUT2D eigenvalue weighted by Crippen LogP contribution is 2.14. The molecule has 4 heteroatoms. The van der Waals surface area contributed by atoms with Gasteiger partial charge in [0.05, 0.1) is 18.2 Å². The van der Waals surface area contributed by atoms with Gasteiger partial charge in [-0.2, -0.15) is 5.26 Å². The molecule has 0 atom stereocenters. The molecule has 21 heavy (non-hydrogen) atoms. The molecule has 0 spiro atoms. The molecule has 1 heterocycles. The van der Waals surface area contributed by atoms with E-state index < -0.39 is 0 Å². The van der Waals surface area contributed by atoms with Crippen LogP contribution in [0.5, 0.6) is 5.88 Å². The SMILES string of the molecule is CCCOc1ncccc1CNCc1ccc(C#N)cc1. The summed E-state index contributed by atoms with van der Waals surface area (Å²) in [5.41, 5.74) is 2.88. The smallest absolute Gasteiger partial charge is 0.217 e. The summed E-state index contributed by atoms with van der Waals surface area (Å²) >= 11 is 0. The Morgan fingerprint density at radius 1 is 1.19 bits per heavy atom. The van der Waals surface area contributed by atoms with E-state index >= 15 is 0 Å². The van der Waals surface area contributed by atoms with E-state index in [1.807, 2.05) is 36.4 Å². The number of aromatic nitrogens is 1. The van der Waals surface area contributed by atoms with Gasteiger partial charge in [0.15, 0.2) is 0 Å². The second kappa shape index (κ2) is 8.03. The van der Waals surface area contributed by atoms with Crippen LogP contribution in [0.4, 0.5) is 0 Å². The van der Waals surface area contributed by atoms with E-state index in [-0.39, 0.29) is 0 Å². The summed E-state index contributed by atoms with van der Waals surface area (Å²) in [4.78, 5) is 4.27. The predicted octanol–water partition coefficient (Wildman–Crippen LogP) is 3.03. The van der Waals surface area contributed by atoms with Crippen molar-refractivity contribution in [3.05, 3.63) is 59.3 Å². The molecule has 0 aliphatic heterocycles. The molecule has 0 bridgehead atoms. The maximum Gasteiger partial charge on any atom is 0.217 e. The van der Waals surface area contributed by atoms with Crippen molar-refractivity contribution in [1.82, 2.24) is 10.3 Å². The Bertz CT molecular complexity index is 602. The van der Waals surface area contributed by atoms with Gasteiger partial charge in [-0.1, -0.05) is 25.1 Å². The molecule has 0 saturated heterocycles. The highest BCUT2D eigenvalue weighted by Gasteiger charge is 2.04. The Kier molecular flexibility index (Phi) is 5.74. The highest BCUT2D eigenvalue weighted by molar-refractivity contribution is 5.31. The lowest BCUT2D eigenvalue weighted by atomic mass is 10.1. The molecule has 108 valence electrons. The molecule has 0 fully saturated rings. The van der Waals surface area contributed by atoms with Gasteiger partial charge in [0.1, 0.15) is 0 Å². The molecular formula is C17H19N3O. The number of rotatable bonds is 7. The van der Waals surface area contributed by atoms with Crippen LogP contribution < -0.4 is 10.1 Å². The van der Waals surface area contributed by atoms with Crippen LogP contribution in [-0.4, -0.2) is 11.6 Å². The molecule has 2 aromatic rings. The fourth-order valence-corrected chi connectivity index (χ4v) is 1.93. The first kappa shape index (κ1) is 15.0. The molecule has 2 rings (SSSR count). The van der Waals surface area contributed by atoms with Gasteiger partial charge in [-0.05, 0) is 30.2 Å². The van der Waals surface area contributed by atoms with E-state index in [0.29, 0.717) is 24.6 Å². The lowest BCUT2D eigenvalue weighted by Crippen LogP contribution is -2.14. The number of pyridine rings is 1. The Morgan fingerprint density at radius 3 is 2.71 bits per heavy atom. The topological polar surface area (TPSA) is 57.9 Å².